The minimum absolute atomic E-state index is 0.413. The second-order valence-electron chi connectivity index (χ2n) is 4.14. The van der Waals surface area contributed by atoms with Crippen LogP contribution < -0.4 is 11.1 Å². The lowest BCUT2D eigenvalue weighted by Gasteiger charge is -2.20. The highest BCUT2D eigenvalue weighted by Gasteiger charge is 2.23. The van der Waals surface area contributed by atoms with Gasteiger partial charge in [0.15, 0.2) is 0 Å². The quantitative estimate of drug-likeness (QED) is 0.538. The number of carboxylic acids is 1. The molecule has 0 aliphatic carbocycles. The van der Waals surface area contributed by atoms with Gasteiger partial charge < -0.3 is 21.1 Å². The highest BCUT2D eigenvalue weighted by molar-refractivity contribution is 5.87. The van der Waals surface area contributed by atoms with Crippen molar-refractivity contribution in [2.24, 2.45) is 5.73 Å². The molecule has 0 fully saturated rings. The van der Waals surface area contributed by atoms with E-state index >= 15 is 0 Å². The van der Waals surface area contributed by atoms with E-state index in [1.807, 2.05) is 6.92 Å². The lowest BCUT2D eigenvalue weighted by Crippen LogP contribution is -2.48. The van der Waals surface area contributed by atoms with Gasteiger partial charge in [-0.05, 0) is 6.42 Å². The molecule has 0 unspecified atom stereocenters. The van der Waals surface area contributed by atoms with Crippen LogP contribution in [0.5, 0.6) is 0 Å². The van der Waals surface area contributed by atoms with Crippen LogP contribution in [-0.2, 0) is 9.59 Å². The number of carbonyl (C=O) groups excluding carboxylic acids is 2. The van der Waals surface area contributed by atoms with Crippen LogP contribution in [0.3, 0.4) is 0 Å². The second-order valence-corrected chi connectivity index (χ2v) is 4.14. The van der Waals surface area contributed by atoms with Crippen molar-refractivity contribution in [3.8, 4) is 0 Å². The Morgan fingerprint density at radius 2 is 1.94 bits per heavy atom. The first-order valence-electron chi connectivity index (χ1n) is 5.91. The van der Waals surface area contributed by atoms with Gasteiger partial charge in [-0.15, -0.1) is 0 Å². The number of unbranched alkanes of at least 4 members (excludes halogenated alkanes) is 2. The van der Waals surface area contributed by atoms with E-state index in [-0.39, 0.29) is 0 Å². The number of nitrogens with one attached hydrogen (secondary N) is 1. The Labute approximate surface area is 106 Å². The smallest absolute Gasteiger partial charge is 0.326 e. The Kier molecular flexibility index (Phi) is 7.50. The van der Waals surface area contributed by atoms with Crippen LogP contribution in [0.15, 0.2) is 0 Å². The molecular weight excluding hydrogens is 238 g/mol. The fourth-order valence-corrected chi connectivity index (χ4v) is 1.36. The lowest BCUT2D eigenvalue weighted by molar-refractivity contribution is -0.140. The van der Waals surface area contributed by atoms with E-state index < -0.39 is 30.4 Å². The molecule has 4 N–H and O–H groups in total. The van der Waals surface area contributed by atoms with Crippen LogP contribution in [0.2, 0.25) is 0 Å². The number of primary amides is 1. The summed E-state index contributed by atoms with van der Waals surface area (Å²) in [5.74, 6) is -2.04. The first-order valence-corrected chi connectivity index (χ1v) is 5.91. The van der Waals surface area contributed by atoms with Crippen molar-refractivity contribution in [1.29, 1.82) is 0 Å². The van der Waals surface area contributed by atoms with Gasteiger partial charge in [0.25, 0.3) is 0 Å². The molecule has 0 aliphatic heterocycles. The van der Waals surface area contributed by atoms with E-state index in [1.165, 1.54) is 4.90 Å². The Hall–Kier alpha value is -1.79. The third kappa shape index (κ3) is 6.72. The molecule has 0 aromatic heterocycles. The van der Waals surface area contributed by atoms with E-state index in [4.69, 9.17) is 10.8 Å². The van der Waals surface area contributed by atoms with Crippen LogP contribution in [-0.4, -0.2) is 47.5 Å². The average molecular weight is 259 g/mol. The van der Waals surface area contributed by atoms with E-state index in [0.717, 1.165) is 19.3 Å². The number of amides is 3. The predicted molar refractivity (Wildman–Crippen MR) is 65.9 cm³/mol. The SMILES string of the molecule is CCCCCN(C)C(=O)N[C@@H](CC(N)=O)C(=O)O. The van der Waals surface area contributed by atoms with Crippen LogP contribution >= 0.6 is 0 Å². The molecular formula is C11H21N3O4. The van der Waals surface area contributed by atoms with E-state index in [0.29, 0.717) is 6.54 Å². The molecule has 0 aromatic rings. The van der Waals surface area contributed by atoms with Crippen molar-refractivity contribution in [1.82, 2.24) is 10.2 Å². The number of nitrogens with two attached hydrogens (primary N) is 1. The highest BCUT2D eigenvalue weighted by Crippen LogP contribution is 1.98. The molecule has 7 heteroatoms. The van der Waals surface area contributed by atoms with Crippen molar-refractivity contribution in [3.63, 3.8) is 0 Å². The maximum Gasteiger partial charge on any atom is 0.326 e. The summed E-state index contributed by atoms with van der Waals surface area (Å²) < 4.78 is 0. The largest absolute Gasteiger partial charge is 0.480 e. The predicted octanol–water partition coefficient (Wildman–Crippen LogP) is 0.147. The maximum absolute atomic E-state index is 11.6. The molecule has 0 rings (SSSR count). The lowest BCUT2D eigenvalue weighted by atomic mass is 10.2. The zero-order valence-corrected chi connectivity index (χ0v) is 10.8. The first kappa shape index (κ1) is 16.2. The molecule has 3 amide bonds. The summed E-state index contributed by atoms with van der Waals surface area (Å²) in [7, 11) is 1.58. The summed E-state index contributed by atoms with van der Waals surface area (Å²) in [4.78, 5) is 34.5. The van der Waals surface area contributed by atoms with Gasteiger partial charge in [-0.25, -0.2) is 9.59 Å². The molecule has 0 heterocycles. The normalized spacial score (nSPS) is 11.7. The molecule has 0 spiro atoms. The van der Waals surface area contributed by atoms with E-state index in [9.17, 15) is 14.4 Å². The van der Waals surface area contributed by atoms with Crippen LogP contribution in [0.25, 0.3) is 0 Å². The van der Waals surface area contributed by atoms with Gasteiger partial charge in [-0.3, -0.25) is 4.79 Å². The minimum Gasteiger partial charge on any atom is -0.480 e. The number of hydrogen-bond acceptors (Lipinski definition) is 3. The molecule has 0 saturated heterocycles. The number of rotatable bonds is 8. The van der Waals surface area contributed by atoms with Crippen LogP contribution in [0.4, 0.5) is 4.79 Å². The monoisotopic (exact) mass is 259 g/mol. The maximum atomic E-state index is 11.6. The number of carboxylic acid groups (broad SMARTS) is 1. The summed E-state index contributed by atoms with van der Waals surface area (Å²) in [5, 5.41) is 11.1. The van der Waals surface area contributed by atoms with Crippen LogP contribution in [0, 0.1) is 0 Å². The Morgan fingerprint density at radius 3 is 2.39 bits per heavy atom. The summed E-state index contributed by atoms with van der Waals surface area (Å²) in [5.41, 5.74) is 4.91. The van der Waals surface area contributed by atoms with Gasteiger partial charge in [-0.1, -0.05) is 19.8 Å². The van der Waals surface area contributed by atoms with Crippen molar-refractivity contribution in [3.05, 3.63) is 0 Å². The van der Waals surface area contributed by atoms with Gasteiger partial charge in [-0.2, -0.15) is 0 Å². The number of carbonyl (C=O) groups is 3. The number of hydrogen-bond donors (Lipinski definition) is 3. The van der Waals surface area contributed by atoms with Crippen molar-refractivity contribution in [2.75, 3.05) is 13.6 Å². The second kappa shape index (κ2) is 8.32. The number of urea groups is 1. The van der Waals surface area contributed by atoms with Gasteiger partial charge in [0.2, 0.25) is 5.91 Å². The molecule has 0 radical (unpaired) electrons. The summed E-state index contributed by atoms with van der Waals surface area (Å²) in [6.07, 6.45) is 2.48. The average Bonchev–Trinajstić information content (AvgIpc) is 2.27. The van der Waals surface area contributed by atoms with E-state index in [1.54, 1.807) is 7.05 Å². The van der Waals surface area contributed by atoms with Crippen LogP contribution in [0.1, 0.15) is 32.6 Å². The molecule has 104 valence electrons. The fraction of sp³-hybridized carbons (Fsp3) is 0.727. The van der Waals surface area contributed by atoms with E-state index in [2.05, 4.69) is 5.32 Å². The first-order chi connectivity index (χ1) is 8.38. The standard InChI is InChI=1S/C11H21N3O4/c1-3-4-5-6-14(2)11(18)13-8(10(16)17)7-9(12)15/h8H,3-7H2,1-2H3,(H2,12,15)(H,13,18)(H,16,17)/t8-/m0/s1. The third-order valence-electron chi connectivity index (χ3n) is 2.44. The van der Waals surface area contributed by atoms with Gasteiger partial charge in [0.1, 0.15) is 6.04 Å². The molecule has 18 heavy (non-hydrogen) atoms. The molecule has 1 atom stereocenters. The van der Waals surface area contributed by atoms with Crippen molar-refractivity contribution in [2.45, 2.75) is 38.6 Å². The van der Waals surface area contributed by atoms with Gasteiger partial charge in [0, 0.05) is 13.6 Å². The highest BCUT2D eigenvalue weighted by atomic mass is 16.4. The number of nitrogens with zero attached hydrogens (tertiary/aromatic N) is 1. The summed E-state index contributed by atoms with van der Waals surface area (Å²) in [6.45, 7) is 2.59. The molecule has 7 nitrogen and oxygen atoms in total. The fourth-order valence-electron chi connectivity index (χ4n) is 1.36. The Balaban J connectivity index is 4.23. The molecule has 0 aromatic carbocycles. The topological polar surface area (TPSA) is 113 Å². The Bertz CT molecular complexity index is 307. The minimum atomic E-state index is -1.27. The zero-order valence-electron chi connectivity index (χ0n) is 10.8. The zero-order chi connectivity index (χ0) is 14.1. The van der Waals surface area contributed by atoms with Gasteiger partial charge >= 0.3 is 12.0 Å². The molecule has 0 saturated carbocycles. The van der Waals surface area contributed by atoms with Gasteiger partial charge in [0.05, 0.1) is 6.42 Å². The molecule has 0 bridgehead atoms. The number of aliphatic carboxylic acids is 1. The third-order valence-corrected chi connectivity index (χ3v) is 2.44. The Morgan fingerprint density at radius 1 is 1.33 bits per heavy atom. The molecule has 0 aliphatic rings. The van der Waals surface area contributed by atoms with Crippen molar-refractivity contribution < 1.29 is 19.5 Å². The summed E-state index contributed by atoms with van der Waals surface area (Å²) >= 11 is 0. The van der Waals surface area contributed by atoms with Crippen molar-refractivity contribution >= 4 is 17.9 Å². The summed E-state index contributed by atoms with van der Waals surface area (Å²) in [6, 6.07) is -1.79.